The number of ether oxygens (including phenoxy) is 4. The standard InChI is InChI=1S/C19H33NO5/c1-3-4-5-6-7-8-9-10-16-18(25-17(21)13-20)19(15(2)14-22-16)23-11-12-24-19/h9-10,15-16,18H,3-8,11-14,20H2,1-2H3/t15-,16-,18-/m0/s1. The topological polar surface area (TPSA) is 80.0 Å². The van der Waals surface area contributed by atoms with Crippen molar-refractivity contribution in [1.82, 2.24) is 0 Å². The van der Waals surface area contributed by atoms with E-state index in [9.17, 15) is 4.79 Å². The van der Waals surface area contributed by atoms with Crippen LogP contribution in [0.15, 0.2) is 12.2 Å². The van der Waals surface area contributed by atoms with Gasteiger partial charge in [-0.1, -0.05) is 51.7 Å². The molecule has 0 aliphatic carbocycles. The minimum absolute atomic E-state index is 0.0238. The fraction of sp³-hybridized carbons (Fsp3) is 0.842. The molecule has 3 atom stereocenters. The van der Waals surface area contributed by atoms with Gasteiger partial charge < -0.3 is 24.7 Å². The lowest BCUT2D eigenvalue weighted by Crippen LogP contribution is -2.61. The molecule has 2 fully saturated rings. The first-order valence-corrected chi connectivity index (χ1v) is 9.59. The highest BCUT2D eigenvalue weighted by Gasteiger charge is 2.57. The summed E-state index contributed by atoms with van der Waals surface area (Å²) >= 11 is 0. The lowest BCUT2D eigenvalue weighted by molar-refractivity contribution is -0.304. The number of rotatable bonds is 9. The molecule has 6 nitrogen and oxygen atoms in total. The minimum atomic E-state index is -0.931. The monoisotopic (exact) mass is 355 g/mol. The van der Waals surface area contributed by atoms with Crippen LogP contribution in [0, 0.1) is 5.92 Å². The zero-order valence-corrected chi connectivity index (χ0v) is 15.6. The highest BCUT2D eigenvalue weighted by molar-refractivity contribution is 5.71. The van der Waals surface area contributed by atoms with Gasteiger partial charge in [-0.15, -0.1) is 0 Å². The van der Waals surface area contributed by atoms with Crippen molar-refractivity contribution in [3.05, 3.63) is 12.2 Å². The smallest absolute Gasteiger partial charge is 0.320 e. The van der Waals surface area contributed by atoms with Gasteiger partial charge in [0.15, 0.2) is 6.10 Å². The fourth-order valence-corrected chi connectivity index (χ4v) is 3.45. The maximum absolute atomic E-state index is 11.8. The summed E-state index contributed by atoms with van der Waals surface area (Å²) in [5, 5.41) is 0. The van der Waals surface area contributed by atoms with Crippen LogP contribution in [0.25, 0.3) is 0 Å². The molecule has 2 aliphatic heterocycles. The molecule has 1 spiro atoms. The van der Waals surface area contributed by atoms with Gasteiger partial charge in [-0.25, -0.2) is 0 Å². The van der Waals surface area contributed by atoms with E-state index in [-0.39, 0.29) is 18.6 Å². The molecule has 25 heavy (non-hydrogen) atoms. The maximum atomic E-state index is 11.8. The zero-order chi connectivity index (χ0) is 18.1. The first kappa shape index (κ1) is 20.4. The van der Waals surface area contributed by atoms with Crippen LogP contribution in [0.1, 0.15) is 52.4 Å². The van der Waals surface area contributed by atoms with Gasteiger partial charge in [0.1, 0.15) is 6.10 Å². The normalized spacial score (nSPS) is 28.7. The van der Waals surface area contributed by atoms with E-state index in [0.29, 0.717) is 19.8 Å². The van der Waals surface area contributed by atoms with Gasteiger partial charge in [-0.3, -0.25) is 4.79 Å². The third-order valence-electron chi connectivity index (χ3n) is 4.88. The van der Waals surface area contributed by atoms with E-state index in [1.165, 1.54) is 25.7 Å². The van der Waals surface area contributed by atoms with Gasteiger partial charge in [0.05, 0.1) is 26.4 Å². The molecule has 2 N–H and O–H groups in total. The minimum Gasteiger partial charge on any atom is -0.452 e. The predicted molar refractivity (Wildman–Crippen MR) is 95.0 cm³/mol. The number of nitrogens with two attached hydrogens (primary N) is 1. The molecule has 6 heteroatoms. The van der Waals surface area contributed by atoms with E-state index < -0.39 is 17.9 Å². The fourth-order valence-electron chi connectivity index (χ4n) is 3.45. The number of allylic oxidation sites excluding steroid dienone is 1. The first-order valence-electron chi connectivity index (χ1n) is 9.59. The van der Waals surface area contributed by atoms with E-state index in [2.05, 4.69) is 13.0 Å². The Kier molecular flexibility index (Phi) is 8.36. The second kappa shape index (κ2) is 10.3. The summed E-state index contributed by atoms with van der Waals surface area (Å²) in [7, 11) is 0. The van der Waals surface area contributed by atoms with Crippen LogP contribution in [0.3, 0.4) is 0 Å². The number of unbranched alkanes of at least 4 members (excludes halogenated alkanes) is 5. The van der Waals surface area contributed by atoms with Gasteiger partial charge in [-0.05, 0) is 12.8 Å². The molecule has 0 aromatic carbocycles. The van der Waals surface area contributed by atoms with Crippen LogP contribution in [-0.2, 0) is 23.7 Å². The Balaban J connectivity index is 1.98. The SMILES string of the molecule is CCCCCCCC=C[C@@H]1OC[C@H](C)C2(OCCO2)[C@H]1OC(=O)CN. The summed E-state index contributed by atoms with van der Waals surface area (Å²) in [5.74, 6) is -1.43. The molecule has 2 saturated heterocycles. The van der Waals surface area contributed by atoms with Crippen LogP contribution in [0.5, 0.6) is 0 Å². The van der Waals surface area contributed by atoms with E-state index in [0.717, 1.165) is 12.8 Å². The second-order valence-electron chi connectivity index (χ2n) is 6.86. The molecule has 2 rings (SSSR count). The van der Waals surface area contributed by atoms with Crippen molar-refractivity contribution < 1.29 is 23.7 Å². The molecule has 2 heterocycles. The second-order valence-corrected chi connectivity index (χ2v) is 6.86. The lowest BCUT2D eigenvalue weighted by Gasteiger charge is -2.45. The Morgan fingerprint density at radius 1 is 1.24 bits per heavy atom. The van der Waals surface area contributed by atoms with E-state index in [4.69, 9.17) is 24.7 Å². The lowest BCUT2D eigenvalue weighted by atomic mass is 9.88. The summed E-state index contributed by atoms with van der Waals surface area (Å²) < 4.78 is 23.3. The van der Waals surface area contributed by atoms with E-state index in [1.807, 2.05) is 13.0 Å². The Hall–Kier alpha value is -0.950. The van der Waals surface area contributed by atoms with Crippen molar-refractivity contribution in [2.24, 2.45) is 11.7 Å². The summed E-state index contributed by atoms with van der Waals surface area (Å²) in [6.45, 7) is 5.52. The van der Waals surface area contributed by atoms with Crippen molar-refractivity contribution in [2.75, 3.05) is 26.4 Å². The summed E-state index contributed by atoms with van der Waals surface area (Å²) in [5.41, 5.74) is 5.42. The molecule has 144 valence electrons. The van der Waals surface area contributed by atoms with Crippen LogP contribution in [0.2, 0.25) is 0 Å². The van der Waals surface area contributed by atoms with Gasteiger partial charge >= 0.3 is 5.97 Å². The summed E-state index contributed by atoms with van der Waals surface area (Å²) in [6, 6.07) is 0. The molecule has 0 saturated carbocycles. The third-order valence-corrected chi connectivity index (χ3v) is 4.88. The molecule has 0 amide bonds. The molecular weight excluding hydrogens is 322 g/mol. The quantitative estimate of drug-likeness (QED) is 0.389. The van der Waals surface area contributed by atoms with Crippen molar-refractivity contribution >= 4 is 5.97 Å². The average Bonchev–Trinajstić information content (AvgIpc) is 3.10. The average molecular weight is 355 g/mol. The number of esters is 1. The van der Waals surface area contributed by atoms with Crippen molar-refractivity contribution in [3.8, 4) is 0 Å². The molecular formula is C19H33NO5. The Morgan fingerprint density at radius 2 is 1.96 bits per heavy atom. The van der Waals surface area contributed by atoms with Gasteiger partial charge in [0.25, 0.3) is 0 Å². The Morgan fingerprint density at radius 3 is 2.64 bits per heavy atom. The van der Waals surface area contributed by atoms with E-state index in [1.54, 1.807) is 0 Å². The van der Waals surface area contributed by atoms with Gasteiger partial charge in [0, 0.05) is 5.92 Å². The maximum Gasteiger partial charge on any atom is 0.320 e. The van der Waals surface area contributed by atoms with Crippen molar-refractivity contribution in [1.29, 1.82) is 0 Å². The molecule has 0 bridgehead atoms. The largest absolute Gasteiger partial charge is 0.452 e. The van der Waals surface area contributed by atoms with Crippen molar-refractivity contribution in [2.45, 2.75) is 70.4 Å². The highest BCUT2D eigenvalue weighted by atomic mass is 16.8. The molecule has 2 aliphatic rings. The predicted octanol–water partition coefficient (Wildman–Crippen LogP) is 2.55. The number of hydrogen-bond donors (Lipinski definition) is 1. The van der Waals surface area contributed by atoms with E-state index >= 15 is 0 Å². The van der Waals surface area contributed by atoms with Crippen LogP contribution in [-0.4, -0.2) is 50.3 Å². The molecule has 0 aromatic heterocycles. The van der Waals surface area contributed by atoms with Gasteiger partial charge in [-0.2, -0.15) is 0 Å². The highest BCUT2D eigenvalue weighted by Crippen LogP contribution is 2.40. The molecule has 0 aromatic rings. The van der Waals surface area contributed by atoms with Crippen LogP contribution < -0.4 is 5.73 Å². The van der Waals surface area contributed by atoms with Crippen molar-refractivity contribution in [3.63, 3.8) is 0 Å². The summed E-state index contributed by atoms with van der Waals surface area (Å²) in [6.07, 6.45) is 10.3. The molecule has 0 unspecified atom stereocenters. The first-order chi connectivity index (χ1) is 12.1. The van der Waals surface area contributed by atoms with Gasteiger partial charge in [0.2, 0.25) is 5.79 Å². The number of hydrogen-bond acceptors (Lipinski definition) is 6. The summed E-state index contributed by atoms with van der Waals surface area (Å²) in [4.78, 5) is 11.8. The Bertz CT molecular complexity index is 434. The third kappa shape index (κ3) is 5.26. The molecule has 0 radical (unpaired) electrons. The number of carbonyl (C=O) groups excluding carboxylic acids is 1. The Labute approximate surface area is 151 Å². The zero-order valence-electron chi connectivity index (χ0n) is 15.6. The van der Waals surface area contributed by atoms with Crippen LogP contribution >= 0.6 is 0 Å². The number of carbonyl (C=O) groups is 1. The van der Waals surface area contributed by atoms with Crippen LogP contribution in [0.4, 0.5) is 0 Å².